The predicted octanol–water partition coefficient (Wildman–Crippen LogP) is -0.164. The summed E-state index contributed by atoms with van der Waals surface area (Å²) in [6.07, 6.45) is 0. The van der Waals surface area contributed by atoms with Gasteiger partial charge in [-0.3, -0.25) is 5.43 Å². The lowest BCUT2D eigenvalue weighted by atomic mass is 10.1. The van der Waals surface area contributed by atoms with Crippen molar-refractivity contribution >= 4 is 5.96 Å². The summed E-state index contributed by atoms with van der Waals surface area (Å²) in [4.78, 5) is 3.94. The Morgan fingerprint density at radius 2 is 2.07 bits per heavy atom. The number of nitrogens with two attached hydrogens (primary N) is 2. The number of nitrogens with one attached hydrogen (secondary N) is 1. The molecule has 5 nitrogen and oxygen atoms in total. The van der Waals surface area contributed by atoms with Crippen molar-refractivity contribution in [2.75, 3.05) is 0 Å². The zero-order valence-corrected chi connectivity index (χ0v) is 7.57. The van der Waals surface area contributed by atoms with E-state index in [0.717, 1.165) is 5.56 Å². The first-order valence-corrected chi connectivity index (χ1v) is 4.02. The van der Waals surface area contributed by atoms with Gasteiger partial charge in [-0.2, -0.15) is 5.26 Å². The van der Waals surface area contributed by atoms with E-state index in [1.54, 1.807) is 12.1 Å². The van der Waals surface area contributed by atoms with Gasteiger partial charge in [0.25, 0.3) is 0 Å². The third kappa shape index (κ3) is 2.77. The van der Waals surface area contributed by atoms with Crippen LogP contribution in [0.25, 0.3) is 0 Å². The Bertz CT molecular complexity index is 360. The van der Waals surface area contributed by atoms with Crippen LogP contribution in [0, 0.1) is 11.3 Å². The van der Waals surface area contributed by atoms with E-state index in [2.05, 4.69) is 10.4 Å². The largest absolute Gasteiger partial charge is 0.369 e. The molecule has 0 heterocycles. The average Bonchev–Trinajstić information content (AvgIpc) is 2.26. The van der Waals surface area contributed by atoms with Crippen molar-refractivity contribution in [3.63, 3.8) is 0 Å². The maximum Gasteiger partial charge on any atom is 0.203 e. The summed E-state index contributed by atoms with van der Waals surface area (Å²) >= 11 is 0. The molecule has 0 atom stereocenters. The first kappa shape index (κ1) is 10.0. The van der Waals surface area contributed by atoms with Gasteiger partial charge in [0.1, 0.15) is 0 Å². The highest BCUT2D eigenvalue weighted by Gasteiger charge is 1.92. The van der Waals surface area contributed by atoms with Crippen LogP contribution < -0.4 is 17.0 Å². The molecule has 1 aromatic carbocycles. The maximum atomic E-state index is 8.56. The van der Waals surface area contributed by atoms with Gasteiger partial charge in [0.2, 0.25) is 5.96 Å². The number of benzene rings is 1. The summed E-state index contributed by atoms with van der Waals surface area (Å²) in [5, 5.41) is 8.56. The highest BCUT2D eigenvalue weighted by Crippen LogP contribution is 2.04. The van der Waals surface area contributed by atoms with Crippen LogP contribution >= 0.6 is 0 Å². The number of hydrogen-bond acceptors (Lipinski definition) is 3. The van der Waals surface area contributed by atoms with Gasteiger partial charge in [0, 0.05) is 0 Å². The summed E-state index contributed by atoms with van der Waals surface area (Å²) in [5.74, 6) is 5.22. The molecular weight excluding hydrogens is 178 g/mol. The fourth-order valence-corrected chi connectivity index (χ4v) is 0.907. The number of guanidine groups is 1. The molecule has 14 heavy (non-hydrogen) atoms. The Balaban J connectivity index is 2.66. The second-order valence-electron chi connectivity index (χ2n) is 2.65. The zero-order chi connectivity index (χ0) is 10.4. The van der Waals surface area contributed by atoms with Crippen molar-refractivity contribution in [2.45, 2.75) is 6.54 Å². The van der Waals surface area contributed by atoms with Crippen molar-refractivity contribution < 1.29 is 0 Å². The number of rotatable bonds is 2. The molecule has 0 unspecified atom stereocenters. The molecule has 0 saturated carbocycles. The van der Waals surface area contributed by atoms with Gasteiger partial charge in [-0.25, -0.2) is 10.8 Å². The Morgan fingerprint density at radius 1 is 1.43 bits per heavy atom. The van der Waals surface area contributed by atoms with E-state index >= 15 is 0 Å². The van der Waals surface area contributed by atoms with Gasteiger partial charge >= 0.3 is 0 Å². The molecule has 0 radical (unpaired) electrons. The van der Waals surface area contributed by atoms with Crippen molar-refractivity contribution in [1.82, 2.24) is 5.43 Å². The van der Waals surface area contributed by atoms with Gasteiger partial charge in [0.15, 0.2) is 0 Å². The number of nitriles is 1. The molecule has 0 spiro atoms. The minimum Gasteiger partial charge on any atom is -0.369 e. The molecule has 0 saturated heterocycles. The lowest BCUT2D eigenvalue weighted by Gasteiger charge is -1.99. The third-order valence-corrected chi connectivity index (χ3v) is 1.66. The van der Waals surface area contributed by atoms with Gasteiger partial charge in [-0.15, -0.1) is 0 Å². The molecule has 0 aliphatic heterocycles. The van der Waals surface area contributed by atoms with E-state index in [9.17, 15) is 0 Å². The molecule has 1 rings (SSSR count). The monoisotopic (exact) mass is 189 g/mol. The lowest BCUT2D eigenvalue weighted by Crippen LogP contribution is -2.37. The van der Waals surface area contributed by atoms with Gasteiger partial charge in [0.05, 0.1) is 18.2 Å². The fourth-order valence-electron chi connectivity index (χ4n) is 0.907. The van der Waals surface area contributed by atoms with E-state index in [1.807, 2.05) is 18.2 Å². The Kier molecular flexibility index (Phi) is 3.47. The molecule has 0 amide bonds. The topological polar surface area (TPSA) is 100 Å². The van der Waals surface area contributed by atoms with Crippen LogP contribution in [0.5, 0.6) is 0 Å². The summed E-state index contributed by atoms with van der Waals surface area (Å²) in [5.41, 5.74) is 9.17. The van der Waals surface area contributed by atoms with Crippen LogP contribution in [-0.4, -0.2) is 5.96 Å². The summed E-state index contributed by atoms with van der Waals surface area (Å²) in [6, 6.07) is 9.15. The normalized spacial score (nSPS) is 10.7. The molecule has 0 fully saturated rings. The predicted molar refractivity (Wildman–Crippen MR) is 53.8 cm³/mol. The molecule has 5 N–H and O–H groups in total. The number of nitrogens with zero attached hydrogens (tertiary/aromatic N) is 2. The van der Waals surface area contributed by atoms with Crippen LogP contribution in [0.15, 0.2) is 29.3 Å². The second kappa shape index (κ2) is 4.84. The van der Waals surface area contributed by atoms with Crippen molar-refractivity contribution in [3.05, 3.63) is 35.4 Å². The van der Waals surface area contributed by atoms with E-state index in [0.29, 0.717) is 12.1 Å². The summed E-state index contributed by atoms with van der Waals surface area (Å²) in [7, 11) is 0. The SMILES string of the molecule is N#Cc1ccc(CN=C(N)NN)cc1. The van der Waals surface area contributed by atoms with Gasteiger partial charge in [-0.1, -0.05) is 12.1 Å². The van der Waals surface area contributed by atoms with Crippen molar-refractivity contribution in [1.29, 1.82) is 5.26 Å². The van der Waals surface area contributed by atoms with Crippen LogP contribution in [0.4, 0.5) is 0 Å². The average molecular weight is 189 g/mol. The number of hydrogen-bond donors (Lipinski definition) is 3. The van der Waals surface area contributed by atoms with Gasteiger partial charge < -0.3 is 5.73 Å². The molecule has 72 valence electrons. The van der Waals surface area contributed by atoms with Crippen molar-refractivity contribution in [3.8, 4) is 6.07 Å². The van der Waals surface area contributed by atoms with E-state index in [-0.39, 0.29) is 5.96 Å². The smallest absolute Gasteiger partial charge is 0.203 e. The third-order valence-electron chi connectivity index (χ3n) is 1.66. The van der Waals surface area contributed by atoms with Crippen LogP contribution in [0.2, 0.25) is 0 Å². The molecular formula is C9H11N5. The molecule has 0 aliphatic carbocycles. The Hall–Kier alpha value is -2.06. The quantitative estimate of drug-likeness (QED) is 0.260. The lowest BCUT2D eigenvalue weighted by molar-refractivity contribution is 0.958. The maximum absolute atomic E-state index is 8.56. The van der Waals surface area contributed by atoms with E-state index in [1.165, 1.54) is 0 Å². The first-order valence-electron chi connectivity index (χ1n) is 4.02. The van der Waals surface area contributed by atoms with E-state index < -0.39 is 0 Å². The second-order valence-corrected chi connectivity index (χ2v) is 2.65. The minimum absolute atomic E-state index is 0.189. The van der Waals surface area contributed by atoms with Crippen LogP contribution in [0.1, 0.15) is 11.1 Å². The standard InChI is InChI=1S/C9H11N5/c10-5-7-1-3-8(4-2-7)6-13-9(11)14-12/h1-4H,6,12H2,(H3,11,13,14). The Labute approximate surface area is 82.0 Å². The van der Waals surface area contributed by atoms with Crippen molar-refractivity contribution in [2.24, 2.45) is 16.6 Å². The summed E-state index contributed by atoms with van der Waals surface area (Å²) in [6.45, 7) is 0.446. The molecule has 0 aromatic heterocycles. The van der Waals surface area contributed by atoms with Crippen LogP contribution in [-0.2, 0) is 6.54 Å². The Morgan fingerprint density at radius 3 is 2.57 bits per heavy atom. The highest BCUT2D eigenvalue weighted by molar-refractivity contribution is 5.77. The highest BCUT2D eigenvalue weighted by atomic mass is 15.3. The molecule has 0 aliphatic rings. The molecule has 0 bridgehead atoms. The number of aliphatic imine (C=N–C) groups is 1. The first-order chi connectivity index (χ1) is 6.76. The molecule has 5 heteroatoms. The van der Waals surface area contributed by atoms with E-state index in [4.69, 9.17) is 16.8 Å². The zero-order valence-electron chi connectivity index (χ0n) is 7.57. The summed E-state index contributed by atoms with van der Waals surface area (Å²) < 4.78 is 0. The number of hydrazine groups is 1. The molecule has 1 aromatic rings. The van der Waals surface area contributed by atoms with Crippen LogP contribution in [0.3, 0.4) is 0 Å². The van der Waals surface area contributed by atoms with Gasteiger partial charge in [-0.05, 0) is 17.7 Å². The fraction of sp³-hybridized carbons (Fsp3) is 0.111. The minimum atomic E-state index is 0.189.